The van der Waals surface area contributed by atoms with E-state index in [1.54, 1.807) is 6.20 Å². The summed E-state index contributed by atoms with van der Waals surface area (Å²) in [6, 6.07) is 9.18. The number of pyridine rings is 1. The molecule has 2 aromatic heterocycles. The Morgan fingerprint density at radius 2 is 2.10 bits per heavy atom. The highest BCUT2D eigenvalue weighted by Crippen LogP contribution is 2.23. The third kappa shape index (κ3) is 2.64. The molecule has 0 saturated heterocycles. The van der Waals surface area contributed by atoms with Gasteiger partial charge in [0.2, 0.25) is 0 Å². The minimum absolute atomic E-state index is 0.322. The van der Waals surface area contributed by atoms with Gasteiger partial charge in [0, 0.05) is 30.6 Å². The van der Waals surface area contributed by atoms with Crippen molar-refractivity contribution in [2.75, 3.05) is 0 Å². The van der Waals surface area contributed by atoms with Crippen molar-refractivity contribution in [3.63, 3.8) is 0 Å². The van der Waals surface area contributed by atoms with Gasteiger partial charge in [-0.05, 0) is 24.6 Å². The minimum atomic E-state index is -0.369. The average molecular weight is 284 g/mol. The Balaban J connectivity index is 1.94. The van der Waals surface area contributed by atoms with Crippen LogP contribution in [0.25, 0.3) is 10.9 Å². The lowest BCUT2D eigenvalue weighted by Crippen LogP contribution is -2.14. The molecule has 0 fully saturated rings. The first kappa shape index (κ1) is 13.7. The van der Waals surface area contributed by atoms with Crippen molar-refractivity contribution in [1.82, 2.24) is 14.8 Å². The molecule has 108 valence electrons. The molecule has 0 aliphatic rings. The van der Waals surface area contributed by atoms with E-state index in [-0.39, 0.29) is 11.9 Å². The number of nitrogens with two attached hydrogens (primary N) is 1. The lowest BCUT2D eigenvalue weighted by atomic mass is 10.0. The van der Waals surface area contributed by atoms with Crippen LogP contribution in [-0.4, -0.2) is 14.8 Å². The van der Waals surface area contributed by atoms with Crippen molar-refractivity contribution < 1.29 is 4.39 Å². The van der Waals surface area contributed by atoms with Gasteiger partial charge in [-0.1, -0.05) is 18.2 Å². The van der Waals surface area contributed by atoms with E-state index in [9.17, 15) is 4.39 Å². The molecule has 0 radical (unpaired) electrons. The number of nitrogens with zero attached hydrogens (tertiary/aromatic N) is 3. The predicted molar refractivity (Wildman–Crippen MR) is 80.2 cm³/mol. The van der Waals surface area contributed by atoms with Gasteiger partial charge in [-0.15, -0.1) is 0 Å². The molecule has 5 heteroatoms. The Morgan fingerprint density at radius 3 is 2.86 bits per heavy atom. The fraction of sp³-hybridized carbons (Fsp3) is 0.250. The van der Waals surface area contributed by atoms with Crippen LogP contribution in [0.1, 0.15) is 24.2 Å². The molecule has 3 aromatic rings. The van der Waals surface area contributed by atoms with Crippen LogP contribution in [0.15, 0.2) is 42.7 Å². The number of aryl methyl sites for hydroxylation is 1. The Morgan fingerprint density at radius 1 is 1.29 bits per heavy atom. The molecular weight excluding hydrogens is 267 g/mol. The minimum Gasteiger partial charge on any atom is -0.324 e. The number of fused-ring (bicyclic) bond motifs is 1. The molecule has 21 heavy (non-hydrogen) atoms. The third-order valence-corrected chi connectivity index (χ3v) is 3.60. The average Bonchev–Trinajstić information content (AvgIpc) is 2.85. The molecule has 0 saturated carbocycles. The Kier molecular flexibility index (Phi) is 3.66. The highest BCUT2D eigenvalue weighted by molar-refractivity contribution is 5.82. The van der Waals surface area contributed by atoms with Gasteiger partial charge in [-0.25, -0.2) is 4.39 Å². The van der Waals surface area contributed by atoms with E-state index < -0.39 is 0 Å². The molecule has 1 aromatic carbocycles. The Hall–Kier alpha value is -2.27. The summed E-state index contributed by atoms with van der Waals surface area (Å²) in [5, 5.41) is 5.71. The largest absolute Gasteiger partial charge is 0.324 e. The second-order valence-corrected chi connectivity index (χ2v) is 5.03. The third-order valence-electron chi connectivity index (χ3n) is 3.60. The van der Waals surface area contributed by atoms with Gasteiger partial charge < -0.3 is 5.73 Å². The summed E-state index contributed by atoms with van der Waals surface area (Å²) >= 11 is 0. The number of rotatable bonds is 4. The zero-order valence-corrected chi connectivity index (χ0v) is 11.8. The van der Waals surface area contributed by atoms with Crippen LogP contribution in [0.2, 0.25) is 0 Å². The lowest BCUT2D eigenvalue weighted by Gasteiger charge is -2.10. The quantitative estimate of drug-likeness (QED) is 0.801. The summed E-state index contributed by atoms with van der Waals surface area (Å²) in [7, 11) is 0. The Labute approximate surface area is 122 Å². The van der Waals surface area contributed by atoms with Crippen molar-refractivity contribution >= 4 is 10.9 Å². The van der Waals surface area contributed by atoms with Crippen LogP contribution in [0.5, 0.6) is 0 Å². The number of hydrogen-bond acceptors (Lipinski definition) is 3. The molecule has 0 amide bonds. The molecular formula is C16H17FN4. The molecule has 1 atom stereocenters. The topological polar surface area (TPSA) is 56.7 Å². The molecule has 0 spiro atoms. The normalized spacial score (nSPS) is 12.7. The van der Waals surface area contributed by atoms with E-state index in [0.29, 0.717) is 12.0 Å². The second kappa shape index (κ2) is 5.61. The summed E-state index contributed by atoms with van der Waals surface area (Å²) in [5.41, 5.74) is 8.90. The molecule has 1 unspecified atom stereocenters. The van der Waals surface area contributed by atoms with Crippen molar-refractivity contribution in [3.8, 4) is 0 Å². The molecule has 0 aliphatic carbocycles. The van der Waals surface area contributed by atoms with Crippen LogP contribution in [-0.2, 0) is 13.0 Å². The molecule has 3 rings (SSSR count). The maximum absolute atomic E-state index is 13.2. The standard InChI is InChI=1S/C16H17FN4/c1-2-21-16-6-4-3-5-13(16)15(20-21)8-14(18)11-7-12(17)10-19-9-11/h3-7,9-10,14H,2,8,18H2,1H3. The smallest absolute Gasteiger partial charge is 0.141 e. The summed E-state index contributed by atoms with van der Waals surface area (Å²) in [6.45, 7) is 2.86. The van der Waals surface area contributed by atoms with E-state index in [1.807, 2.05) is 28.9 Å². The van der Waals surface area contributed by atoms with Gasteiger partial charge in [0.15, 0.2) is 0 Å². The zero-order chi connectivity index (χ0) is 14.8. The van der Waals surface area contributed by atoms with Crippen molar-refractivity contribution in [2.45, 2.75) is 25.9 Å². The summed E-state index contributed by atoms with van der Waals surface area (Å²) in [6.07, 6.45) is 3.34. The number of para-hydroxylation sites is 1. The molecule has 2 heterocycles. The molecule has 2 N–H and O–H groups in total. The number of hydrogen-bond donors (Lipinski definition) is 1. The molecule has 0 aliphatic heterocycles. The number of aromatic nitrogens is 3. The van der Waals surface area contributed by atoms with Gasteiger partial charge in [0.05, 0.1) is 17.4 Å². The SMILES string of the molecule is CCn1nc(CC(N)c2cncc(F)c2)c2ccccc21. The van der Waals surface area contributed by atoms with Gasteiger partial charge in [-0.3, -0.25) is 9.67 Å². The summed E-state index contributed by atoms with van der Waals surface area (Å²) in [5.74, 6) is -0.369. The predicted octanol–water partition coefficient (Wildman–Crippen LogP) is 2.83. The van der Waals surface area contributed by atoms with E-state index in [0.717, 1.165) is 23.1 Å². The van der Waals surface area contributed by atoms with Crippen LogP contribution >= 0.6 is 0 Å². The van der Waals surface area contributed by atoms with Crippen molar-refractivity contribution in [2.24, 2.45) is 5.73 Å². The number of halogens is 1. The fourth-order valence-electron chi connectivity index (χ4n) is 2.55. The van der Waals surface area contributed by atoms with E-state index in [2.05, 4.69) is 17.0 Å². The monoisotopic (exact) mass is 284 g/mol. The summed E-state index contributed by atoms with van der Waals surface area (Å²) in [4.78, 5) is 3.85. The van der Waals surface area contributed by atoms with E-state index in [1.165, 1.54) is 12.3 Å². The van der Waals surface area contributed by atoms with Crippen molar-refractivity contribution in [3.05, 3.63) is 59.8 Å². The van der Waals surface area contributed by atoms with Crippen molar-refractivity contribution in [1.29, 1.82) is 0 Å². The zero-order valence-electron chi connectivity index (χ0n) is 11.8. The maximum Gasteiger partial charge on any atom is 0.141 e. The molecule has 4 nitrogen and oxygen atoms in total. The maximum atomic E-state index is 13.2. The van der Waals surface area contributed by atoms with Gasteiger partial charge >= 0.3 is 0 Å². The van der Waals surface area contributed by atoms with E-state index in [4.69, 9.17) is 5.73 Å². The lowest BCUT2D eigenvalue weighted by molar-refractivity contribution is 0.606. The van der Waals surface area contributed by atoms with Crippen LogP contribution in [0.3, 0.4) is 0 Å². The number of benzene rings is 1. The van der Waals surface area contributed by atoms with Gasteiger partial charge in [0.25, 0.3) is 0 Å². The first-order chi connectivity index (χ1) is 10.2. The second-order valence-electron chi connectivity index (χ2n) is 5.03. The first-order valence-corrected chi connectivity index (χ1v) is 6.99. The van der Waals surface area contributed by atoms with Crippen LogP contribution < -0.4 is 5.73 Å². The van der Waals surface area contributed by atoms with Crippen LogP contribution in [0.4, 0.5) is 4.39 Å². The highest BCUT2D eigenvalue weighted by Gasteiger charge is 2.14. The Bertz CT molecular complexity index is 766. The van der Waals surface area contributed by atoms with Crippen LogP contribution in [0, 0.1) is 5.82 Å². The first-order valence-electron chi connectivity index (χ1n) is 6.99. The summed E-state index contributed by atoms with van der Waals surface area (Å²) < 4.78 is 15.2. The highest BCUT2D eigenvalue weighted by atomic mass is 19.1. The molecule has 0 bridgehead atoms. The van der Waals surface area contributed by atoms with Gasteiger partial charge in [0.1, 0.15) is 5.82 Å². The van der Waals surface area contributed by atoms with E-state index >= 15 is 0 Å². The fourth-order valence-corrected chi connectivity index (χ4v) is 2.55. The van der Waals surface area contributed by atoms with Gasteiger partial charge in [-0.2, -0.15) is 5.10 Å².